The normalized spacial score (nSPS) is 15.4. The quantitative estimate of drug-likeness (QED) is 0.711. The topological polar surface area (TPSA) is 35.1 Å². The van der Waals surface area contributed by atoms with Gasteiger partial charge in [-0.15, -0.1) is 0 Å². The van der Waals surface area contributed by atoms with E-state index in [9.17, 15) is 0 Å². The summed E-state index contributed by atoms with van der Waals surface area (Å²) < 4.78 is 12.1. The van der Waals surface area contributed by atoms with Crippen molar-refractivity contribution in [2.75, 3.05) is 6.61 Å². The Labute approximate surface area is 157 Å². The molecule has 0 heterocycles. The van der Waals surface area contributed by atoms with E-state index in [1.54, 1.807) is 0 Å². The van der Waals surface area contributed by atoms with E-state index < -0.39 is 0 Å². The molecule has 2 aromatic carbocycles. The zero-order valence-electron chi connectivity index (χ0n) is 16.0. The van der Waals surface area contributed by atoms with Crippen molar-refractivity contribution in [2.45, 2.75) is 64.6 Å². The molecule has 2 N–H and O–H groups in total. The molecule has 1 fully saturated rings. The van der Waals surface area contributed by atoms with Crippen LogP contribution < -0.4 is 14.8 Å². The van der Waals surface area contributed by atoms with Crippen molar-refractivity contribution in [3.63, 3.8) is 0 Å². The Kier molecular flexibility index (Phi) is 7.38. The third-order valence-corrected chi connectivity index (χ3v) is 5.16. The van der Waals surface area contributed by atoms with Gasteiger partial charge in [0.25, 0.3) is 0 Å². The Morgan fingerprint density at radius 1 is 0.885 bits per heavy atom. The van der Waals surface area contributed by atoms with Crippen LogP contribution in [0.4, 0.5) is 0 Å². The van der Waals surface area contributed by atoms with Crippen LogP contribution in [0.3, 0.4) is 0 Å². The van der Waals surface area contributed by atoms with Gasteiger partial charge in [-0.1, -0.05) is 49.2 Å². The Bertz CT molecular complexity index is 649. The van der Waals surface area contributed by atoms with Gasteiger partial charge in [-0.2, -0.15) is 0 Å². The molecule has 26 heavy (non-hydrogen) atoms. The van der Waals surface area contributed by atoms with E-state index in [-0.39, 0.29) is 0 Å². The van der Waals surface area contributed by atoms with E-state index >= 15 is 0 Å². The summed E-state index contributed by atoms with van der Waals surface area (Å²) in [6.45, 7) is 4.19. The number of quaternary nitrogens is 1. The van der Waals surface area contributed by atoms with Gasteiger partial charge < -0.3 is 14.8 Å². The van der Waals surface area contributed by atoms with E-state index in [1.807, 2.05) is 31.2 Å². The average Bonchev–Trinajstić information content (AvgIpc) is 2.95. The first kappa shape index (κ1) is 18.8. The summed E-state index contributed by atoms with van der Waals surface area (Å²) in [4.78, 5) is 0. The van der Waals surface area contributed by atoms with Gasteiger partial charge >= 0.3 is 0 Å². The van der Waals surface area contributed by atoms with Gasteiger partial charge in [-0.25, -0.2) is 0 Å². The van der Waals surface area contributed by atoms with E-state index in [1.165, 1.54) is 49.7 Å². The fourth-order valence-corrected chi connectivity index (χ4v) is 3.73. The molecule has 0 aliphatic heterocycles. The highest BCUT2D eigenvalue weighted by molar-refractivity contribution is 5.46. The fraction of sp³-hybridized carbons (Fsp3) is 0.478. The highest BCUT2D eigenvalue weighted by Crippen LogP contribution is 2.32. The van der Waals surface area contributed by atoms with E-state index in [0.29, 0.717) is 13.2 Å². The molecule has 0 aromatic heterocycles. The lowest BCUT2D eigenvalue weighted by atomic mass is 10.1. The summed E-state index contributed by atoms with van der Waals surface area (Å²) in [5.41, 5.74) is 2.41. The van der Waals surface area contributed by atoms with Crippen LogP contribution in [0.15, 0.2) is 48.5 Å². The highest BCUT2D eigenvalue weighted by Gasteiger charge is 2.18. The lowest BCUT2D eigenvalue weighted by Gasteiger charge is -2.18. The number of hydrogen-bond acceptors (Lipinski definition) is 2. The summed E-state index contributed by atoms with van der Waals surface area (Å²) in [7, 11) is 0. The maximum Gasteiger partial charge on any atom is 0.170 e. The zero-order valence-corrected chi connectivity index (χ0v) is 16.0. The second kappa shape index (κ2) is 10.2. The molecule has 0 unspecified atom stereocenters. The monoisotopic (exact) mass is 354 g/mol. The third-order valence-electron chi connectivity index (χ3n) is 5.16. The molecule has 3 heteroatoms. The maximum absolute atomic E-state index is 6.23. The first-order valence-electron chi connectivity index (χ1n) is 10.1. The molecule has 3 nitrogen and oxygen atoms in total. The smallest absolute Gasteiger partial charge is 0.170 e. The molecule has 0 spiro atoms. The summed E-state index contributed by atoms with van der Waals surface area (Å²) in [6, 6.07) is 17.3. The number of hydrogen-bond donors (Lipinski definition) is 1. The van der Waals surface area contributed by atoms with Crippen LogP contribution in [0.1, 0.15) is 56.6 Å². The van der Waals surface area contributed by atoms with Crippen LogP contribution >= 0.6 is 0 Å². The first-order valence-corrected chi connectivity index (χ1v) is 10.1. The van der Waals surface area contributed by atoms with E-state index in [0.717, 1.165) is 24.1 Å². The van der Waals surface area contributed by atoms with Crippen LogP contribution in [0, 0.1) is 0 Å². The van der Waals surface area contributed by atoms with E-state index in [2.05, 4.69) is 29.6 Å². The van der Waals surface area contributed by atoms with Crippen molar-refractivity contribution in [1.29, 1.82) is 0 Å². The fourth-order valence-electron chi connectivity index (χ4n) is 3.73. The molecule has 3 rings (SSSR count). The number of rotatable bonds is 8. The standard InChI is InChI=1S/C23H31NO2/c1-2-25-22-16-10-13-20(17-24-21-14-8-3-4-9-15-21)23(22)26-18-19-11-6-5-7-12-19/h5-7,10-13,16,21,24H,2-4,8-9,14-15,17-18H2,1H3/p+1. The van der Waals surface area contributed by atoms with Crippen molar-refractivity contribution in [2.24, 2.45) is 0 Å². The Morgan fingerprint density at radius 2 is 1.65 bits per heavy atom. The molecule has 0 saturated heterocycles. The van der Waals surface area contributed by atoms with Crippen molar-refractivity contribution in [1.82, 2.24) is 0 Å². The molecule has 0 atom stereocenters. The maximum atomic E-state index is 6.23. The Balaban J connectivity index is 1.69. The second-order valence-corrected chi connectivity index (χ2v) is 7.14. The van der Waals surface area contributed by atoms with Crippen LogP contribution in [-0.2, 0) is 13.2 Å². The molecule has 1 aliphatic rings. The highest BCUT2D eigenvalue weighted by atomic mass is 16.5. The molecule has 0 radical (unpaired) electrons. The van der Waals surface area contributed by atoms with Crippen molar-refractivity contribution in [3.05, 3.63) is 59.7 Å². The largest absolute Gasteiger partial charge is 0.490 e. The SMILES string of the molecule is CCOc1cccc(C[NH2+]C2CCCCCC2)c1OCc1ccccc1. The summed E-state index contributed by atoms with van der Waals surface area (Å²) in [5.74, 6) is 1.76. The molecule has 1 aliphatic carbocycles. The summed E-state index contributed by atoms with van der Waals surface area (Å²) in [5, 5.41) is 2.51. The molecular formula is C23H32NO2+. The second-order valence-electron chi connectivity index (χ2n) is 7.14. The van der Waals surface area contributed by atoms with Crippen molar-refractivity contribution >= 4 is 0 Å². The zero-order chi connectivity index (χ0) is 18.0. The molecular weight excluding hydrogens is 322 g/mol. The van der Waals surface area contributed by atoms with Gasteiger partial charge in [0, 0.05) is 0 Å². The predicted octanol–water partition coefficient (Wildman–Crippen LogP) is 4.45. The van der Waals surface area contributed by atoms with Gasteiger partial charge in [0.15, 0.2) is 11.5 Å². The number of benzene rings is 2. The summed E-state index contributed by atoms with van der Waals surface area (Å²) in [6.07, 6.45) is 8.22. The van der Waals surface area contributed by atoms with Crippen LogP contribution in [-0.4, -0.2) is 12.6 Å². The Morgan fingerprint density at radius 3 is 2.38 bits per heavy atom. The van der Waals surface area contributed by atoms with Crippen LogP contribution in [0.2, 0.25) is 0 Å². The number of nitrogens with two attached hydrogens (primary N) is 1. The van der Waals surface area contributed by atoms with Crippen LogP contribution in [0.5, 0.6) is 11.5 Å². The predicted molar refractivity (Wildman–Crippen MR) is 106 cm³/mol. The molecule has 0 bridgehead atoms. The van der Waals surface area contributed by atoms with Crippen molar-refractivity contribution in [3.8, 4) is 11.5 Å². The lowest BCUT2D eigenvalue weighted by molar-refractivity contribution is -0.705. The lowest BCUT2D eigenvalue weighted by Crippen LogP contribution is -2.88. The minimum atomic E-state index is 0.571. The van der Waals surface area contributed by atoms with Crippen LogP contribution in [0.25, 0.3) is 0 Å². The number of para-hydroxylation sites is 1. The van der Waals surface area contributed by atoms with Crippen molar-refractivity contribution < 1.29 is 14.8 Å². The minimum Gasteiger partial charge on any atom is -0.490 e. The van der Waals surface area contributed by atoms with Gasteiger partial charge in [-0.05, 0) is 50.3 Å². The minimum absolute atomic E-state index is 0.571. The van der Waals surface area contributed by atoms with Gasteiger partial charge in [0.1, 0.15) is 13.2 Å². The average molecular weight is 355 g/mol. The Hall–Kier alpha value is -2.00. The molecule has 1 saturated carbocycles. The third kappa shape index (κ3) is 5.50. The first-order chi connectivity index (χ1) is 12.9. The van der Waals surface area contributed by atoms with E-state index in [4.69, 9.17) is 9.47 Å². The van der Waals surface area contributed by atoms with Gasteiger partial charge in [0.05, 0.1) is 18.2 Å². The van der Waals surface area contributed by atoms with Gasteiger partial charge in [-0.3, -0.25) is 0 Å². The molecule has 0 amide bonds. The van der Waals surface area contributed by atoms with Gasteiger partial charge in [0.2, 0.25) is 0 Å². The summed E-state index contributed by atoms with van der Waals surface area (Å²) >= 11 is 0. The molecule has 140 valence electrons. The molecule has 2 aromatic rings. The number of ether oxygens (including phenoxy) is 2.